The van der Waals surface area contributed by atoms with Crippen LogP contribution < -0.4 is 4.74 Å². The van der Waals surface area contributed by atoms with E-state index in [4.69, 9.17) is 14.9 Å². The zero-order valence-electron chi connectivity index (χ0n) is 12.3. The van der Waals surface area contributed by atoms with Crippen LogP contribution in [0.15, 0.2) is 30.7 Å². The normalized spacial score (nSPS) is 17.8. The summed E-state index contributed by atoms with van der Waals surface area (Å²) in [6.07, 6.45) is 8.55. The molecule has 0 bridgehead atoms. The van der Waals surface area contributed by atoms with Crippen LogP contribution in [0.3, 0.4) is 0 Å². The summed E-state index contributed by atoms with van der Waals surface area (Å²) in [4.78, 5) is 29.4. The smallest absolute Gasteiger partial charge is 0.328 e. The molecule has 2 N–H and O–H groups in total. The Kier molecular flexibility index (Phi) is 7.55. The lowest BCUT2D eigenvalue weighted by atomic mass is 10.2. The van der Waals surface area contributed by atoms with Gasteiger partial charge in [-0.15, -0.1) is 0 Å². The van der Waals surface area contributed by atoms with Crippen LogP contribution in [0, 0.1) is 0 Å². The van der Waals surface area contributed by atoms with Crippen molar-refractivity contribution in [2.75, 3.05) is 20.2 Å². The molecule has 0 aliphatic carbocycles. The lowest BCUT2D eigenvalue weighted by Gasteiger charge is -2.18. The zero-order valence-corrected chi connectivity index (χ0v) is 12.3. The Balaban J connectivity index is 0.000000261. The summed E-state index contributed by atoms with van der Waals surface area (Å²) in [7, 11) is 2.14. The average Bonchev–Trinajstić information content (AvgIpc) is 2.90. The number of rotatable bonds is 5. The third-order valence-corrected chi connectivity index (χ3v) is 3.00. The minimum absolute atomic E-state index is 0.539. The summed E-state index contributed by atoms with van der Waals surface area (Å²) in [5.41, 5.74) is 0. The number of likely N-dealkylation sites (tertiary alicyclic amines) is 1. The van der Waals surface area contributed by atoms with Crippen LogP contribution in [-0.4, -0.2) is 63.3 Å². The summed E-state index contributed by atoms with van der Waals surface area (Å²) >= 11 is 0. The van der Waals surface area contributed by atoms with E-state index in [1.807, 2.05) is 0 Å². The van der Waals surface area contributed by atoms with Crippen molar-refractivity contribution in [3.63, 3.8) is 0 Å². The maximum atomic E-state index is 9.55. The summed E-state index contributed by atoms with van der Waals surface area (Å²) < 4.78 is 5.55. The molecule has 0 spiro atoms. The third kappa shape index (κ3) is 7.34. The first-order valence-electron chi connectivity index (χ1n) is 6.72. The van der Waals surface area contributed by atoms with E-state index in [2.05, 4.69) is 21.9 Å². The van der Waals surface area contributed by atoms with Gasteiger partial charge >= 0.3 is 11.9 Å². The minimum atomic E-state index is -1.26. The van der Waals surface area contributed by atoms with Gasteiger partial charge in [-0.25, -0.2) is 14.6 Å². The molecule has 1 aliphatic rings. The Bertz CT molecular complexity index is 490. The lowest BCUT2D eigenvalue weighted by molar-refractivity contribution is -0.134. The monoisotopic (exact) mass is 309 g/mol. The number of hydrogen-bond donors (Lipinski definition) is 2. The second-order valence-electron chi connectivity index (χ2n) is 4.64. The van der Waals surface area contributed by atoms with Crippen LogP contribution >= 0.6 is 0 Å². The molecular weight excluding hydrogens is 290 g/mol. The van der Waals surface area contributed by atoms with Crippen LogP contribution in [0.1, 0.15) is 12.8 Å². The van der Waals surface area contributed by atoms with Crippen LogP contribution in [0.5, 0.6) is 5.88 Å². The van der Waals surface area contributed by atoms with Gasteiger partial charge in [0.1, 0.15) is 6.61 Å². The molecule has 2 heterocycles. The summed E-state index contributed by atoms with van der Waals surface area (Å²) in [6, 6.07) is 0.539. The quantitative estimate of drug-likeness (QED) is 0.763. The molecule has 8 heteroatoms. The highest BCUT2D eigenvalue weighted by Crippen LogP contribution is 2.15. The first-order valence-corrected chi connectivity index (χ1v) is 6.72. The van der Waals surface area contributed by atoms with E-state index in [1.54, 1.807) is 18.6 Å². The van der Waals surface area contributed by atoms with Crippen molar-refractivity contribution in [1.82, 2.24) is 14.9 Å². The highest BCUT2D eigenvalue weighted by atomic mass is 16.5. The Hall–Kier alpha value is -2.48. The molecule has 1 fully saturated rings. The summed E-state index contributed by atoms with van der Waals surface area (Å²) in [5.74, 6) is -1.90. The van der Waals surface area contributed by atoms with Crippen molar-refractivity contribution in [2.24, 2.45) is 0 Å². The van der Waals surface area contributed by atoms with Gasteiger partial charge in [0.25, 0.3) is 0 Å². The van der Waals surface area contributed by atoms with E-state index in [0.717, 1.165) is 6.61 Å². The third-order valence-electron chi connectivity index (χ3n) is 3.00. The molecule has 0 unspecified atom stereocenters. The lowest BCUT2D eigenvalue weighted by Crippen LogP contribution is -2.30. The summed E-state index contributed by atoms with van der Waals surface area (Å²) in [6.45, 7) is 1.89. The standard InChI is InChI=1S/C10H15N3O.C4H4O4/c1-13-6-2-3-9(13)8-14-10-7-11-4-5-12-10;5-3(6)1-2-4(7)8/h4-5,7,9H,2-3,6,8H2,1H3;1-2H,(H,5,6)(H,7,8)/b;2-1+/t9-;/m0./s1. The molecule has 0 radical (unpaired) electrons. The fraction of sp³-hybridized carbons (Fsp3) is 0.429. The van der Waals surface area contributed by atoms with Crippen LogP contribution in [0.4, 0.5) is 0 Å². The van der Waals surface area contributed by atoms with E-state index in [9.17, 15) is 9.59 Å². The Morgan fingerprint density at radius 1 is 1.36 bits per heavy atom. The van der Waals surface area contributed by atoms with Crippen molar-refractivity contribution in [1.29, 1.82) is 0 Å². The predicted octanol–water partition coefficient (Wildman–Crippen LogP) is 0.661. The molecule has 1 aromatic heterocycles. The van der Waals surface area contributed by atoms with Gasteiger partial charge in [-0.3, -0.25) is 4.98 Å². The fourth-order valence-electron chi connectivity index (χ4n) is 1.87. The average molecular weight is 309 g/mol. The molecule has 0 saturated carbocycles. The van der Waals surface area contributed by atoms with E-state index < -0.39 is 11.9 Å². The maximum Gasteiger partial charge on any atom is 0.328 e. The SMILES string of the molecule is CN1CCC[C@H]1COc1cnccn1.O=C(O)/C=C/C(=O)O. The molecule has 1 atom stereocenters. The van der Waals surface area contributed by atoms with Crippen molar-refractivity contribution >= 4 is 11.9 Å². The van der Waals surface area contributed by atoms with E-state index in [-0.39, 0.29) is 0 Å². The second-order valence-corrected chi connectivity index (χ2v) is 4.64. The van der Waals surface area contributed by atoms with Crippen molar-refractivity contribution in [2.45, 2.75) is 18.9 Å². The first-order chi connectivity index (χ1) is 10.5. The molecule has 2 rings (SSSR count). The van der Waals surface area contributed by atoms with Crippen molar-refractivity contribution in [3.05, 3.63) is 30.7 Å². The number of carboxylic acids is 2. The molecule has 120 valence electrons. The van der Waals surface area contributed by atoms with Gasteiger partial charge in [0, 0.05) is 30.6 Å². The van der Waals surface area contributed by atoms with Gasteiger partial charge in [0.15, 0.2) is 0 Å². The Morgan fingerprint density at radius 2 is 2.05 bits per heavy atom. The Morgan fingerprint density at radius 3 is 2.50 bits per heavy atom. The van der Waals surface area contributed by atoms with Gasteiger partial charge in [-0.1, -0.05) is 0 Å². The largest absolute Gasteiger partial charge is 0.478 e. The number of aliphatic carboxylic acids is 2. The molecule has 0 amide bonds. The topological polar surface area (TPSA) is 113 Å². The van der Waals surface area contributed by atoms with Crippen LogP contribution in [0.2, 0.25) is 0 Å². The zero-order chi connectivity index (χ0) is 16.4. The molecule has 0 aromatic carbocycles. The van der Waals surface area contributed by atoms with Gasteiger partial charge in [0.2, 0.25) is 5.88 Å². The van der Waals surface area contributed by atoms with E-state index in [0.29, 0.717) is 24.1 Å². The Labute approximate surface area is 128 Å². The van der Waals surface area contributed by atoms with Crippen LogP contribution in [-0.2, 0) is 9.59 Å². The van der Waals surface area contributed by atoms with Gasteiger partial charge in [-0.2, -0.15) is 0 Å². The number of carboxylic acid groups (broad SMARTS) is 2. The fourth-order valence-corrected chi connectivity index (χ4v) is 1.87. The number of likely N-dealkylation sites (N-methyl/N-ethyl adjacent to an activating group) is 1. The first kappa shape index (κ1) is 17.6. The minimum Gasteiger partial charge on any atom is -0.478 e. The number of carbonyl (C=O) groups is 2. The number of nitrogens with zero attached hydrogens (tertiary/aromatic N) is 3. The second kappa shape index (κ2) is 9.46. The van der Waals surface area contributed by atoms with Crippen molar-refractivity contribution < 1.29 is 24.5 Å². The maximum absolute atomic E-state index is 9.55. The molecule has 1 aromatic rings. The molecule has 8 nitrogen and oxygen atoms in total. The number of hydrogen-bond acceptors (Lipinski definition) is 6. The molecule has 22 heavy (non-hydrogen) atoms. The predicted molar refractivity (Wildman–Crippen MR) is 77.6 cm³/mol. The highest BCUT2D eigenvalue weighted by molar-refractivity contribution is 5.89. The van der Waals surface area contributed by atoms with Gasteiger partial charge in [0.05, 0.1) is 6.20 Å². The van der Waals surface area contributed by atoms with Gasteiger partial charge < -0.3 is 19.8 Å². The van der Waals surface area contributed by atoms with E-state index >= 15 is 0 Å². The number of aromatic nitrogens is 2. The van der Waals surface area contributed by atoms with E-state index in [1.165, 1.54) is 19.4 Å². The van der Waals surface area contributed by atoms with Gasteiger partial charge in [-0.05, 0) is 26.4 Å². The molecule has 1 saturated heterocycles. The molecule has 1 aliphatic heterocycles. The number of ether oxygens (including phenoxy) is 1. The molecular formula is C14H19N3O5. The van der Waals surface area contributed by atoms with Crippen molar-refractivity contribution in [3.8, 4) is 5.88 Å². The highest BCUT2D eigenvalue weighted by Gasteiger charge is 2.21. The van der Waals surface area contributed by atoms with Crippen LogP contribution in [0.25, 0.3) is 0 Å². The summed E-state index contributed by atoms with van der Waals surface area (Å²) in [5, 5.41) is 15.6.